The molecule has 0 saturated carbocycles. The van der Waals surface area contributed by atoms with Gasteiger partial charge in [-0.25, -0.2) is 9.59 Å². The number of nitrogens with zero attached hydrogens (tertiary/aromatic N) is 1. The van der Waals surface area contributed by atoms with Crippen molar-refractivity contribution in [2.75, 3.05) is 26.4 Å². The molecule has 2 fully saturated rings. The number of hydrogen-bond acceptors (Lipinski definition) is 13. The van der Waals surface area contributed by atoms with Gasteiger partial charge in [-0.3, -0.25) is 24.1 Å². The Labute approximate surface area is 326 Å². The number of carbonyl (C=O) groups excluding carboxylic acids is 5. The standard InChI is InChI=1S/C38H37Br2NO13/c1-21-18-27(42)52-26-19-24(10-11-25(21)26)51-34(47)50-20-37-13-14-38(54-37,53-23-8-6-22(7-9-23)12-16-48-32(45)35(2,3)39)29-28(37)30(43)41(31(29)44)15-17-49-33(46)36(4,5)40/h6-11,13-14,18-19,28-29H,12,15-17,20H2,1-5H3. The number of ether oxygens (including phenoxy) is 6. The maximum Gasteiger partial charge on any atom is 0.513 e. The van der Waals surface area contributed by atoms with Crippen molar-refractivity contribution in [3.05, 3.63) is 82.2 Å². The summed E-state index contributed by atoms with van der Waals surface area (Å²) < 4.78 is 37.7. The first-order valence-corrected chi connectivity index (χ1v) is 18.6. The molecule has 2 saturated heterocycles. The molecule has 4 heterocycles. The highest BCUT2D eigenvalue weighted by atomic mass is 79.9. The van der Waals surface area contributed by atoms with Crippen molar-refractivity contribution in [3.8, 4) is 11.5 Å². The van der Waals surface area contributed by atoms with Gasteiger partial charge in [-0.15, -0.1) is 0 Å². The Morgan fingerprint density at radius 2 is 1.44 bits per heavy atom. The largest absolute Gasteiger partial charge is 0.513 e. The first kappa shape index (κ1) is 39.2. The second kappa shape index (κ2) is 14.6. The molecule has 0 N–H and O–H groups in total. The molecule has 0 spiro atoms. The minimum Gasteiger partial charge on any atom is -0.464 e. The van der Waals surface area contributed by atoms with Crippen LogP contribution in [0.5, 0.6) is 11.5 Å². The Morgan fingerprint density at radius 3 is 2.11 bits per heavy atom. The lowest BCUT2D eigenvalue weighted by atomic mass is 9.76. The molecule has 3 aliphatic rings. The van der Waals surface area contributed by atoms with E-state index in [1.807, 2.05) is 0 Å². The number of hydrogen-bond donors (Lipinski definition) is 0. The van der Waals surface area contributed by atoms with Gasteiger partial charge in [-0.1, -0.05) is 44.0 Å². The second-order valence-corrected chi connectivity index (χ2v) is 18.1. The van der Waals surface area contributed by atoms with Crippen LogP contribution < -0.4 is 15.1 Å². The summed E-state index contributed by atoms with van der Waals surface area (Å²) in [4.78, 5) is 78.2. The van der Waals surface area contributed by atoms with Crippen LogP contribution in [-0.2, 0) is 44.5 Å². The lowest BCUT2D eigenvalue weighted by Crippen LogP contribution is -2.46. The predicted molar refractivity (Wildman–Crippen MR) is 197 cm³/mol. The minimum absolute atomic E-state index is 0.0386. The number of alkyl halides is 2. The van der Waals surface area contributed by atoms with E-state index in [1.165, 1.54) is 30.4 Å². The van der Waals surface area contributed by atoms with Crippen LogP contribution in [0.3, 0.4) is 0 Å². The summed E-state index contributed by atoms with van der Waals surface area (Å²) in [6.07, 6.45) is 2.35. The van der Waals surface area contributed by atoms with E-state index in [1.54, 1.807) is 65.0 Å². The van der Waals surface area contributed by atoms with E-state index in [0.717, 1.165) is 10.5 Å². The molecule has 14 nitrogen and oxygen atoms in total. The number of imide groups is 1. The molecule has 4 atom stereocenters. The zero-order valence-electron chi connectivity index (χ0n) is 30.0. The summed E-state index contributed by atoms with van der Waals surface area (Å²) in [5, 5.41) is 0.654. The maximum atomic E-state index is 14.0. The number of amides is 2. The number of fused-ring (bicyclic) bond motifs is 6. The minimum atomic E-state index is -1.76. The van der Waals surface area contributed by atoms with Crippen molar-refractivity contribution < 1.29 is 56.8 Å². The van der Waals surface area contributed by atoms with Gasteiger partial charge in [0.15, 0.2) is 0 Å². The van der Waals surface area contributed by atoms with Crippen molar-refractivity contribution >= 4 is 72.7 Å². The smallest absolute Gasteiger partial charge is 0.464 e. The number of halogens is 2. The van der Waals surface area contributed by atoms with E-state index >= 15 is 0 Å². The molecular formula is C38H37Br2NO13. The zero-order valence-corrected chi connectivity index (χ0v) is 33.1. The van der Waals surface area contributed by atoms with Crippen LogP contribution in [0.4, 0.5) is 4.79 Å². The highest BCUT2D eigenvalue weighted by Crippen LogP contribution is 2.58. The number of benzene rings is 2. The van der Waals surface area contributed by atoms with Gasteiger partial charge >= 0.3 is 23.7 Å². The topological polar surface area (TPSA) is 174 Å². The molecule has 0 radical (unpaired) electrons. The molecule has 6 rings (SSSR count). The normalized spacial score (nSPS) is 23.1. The van der Waals surface area contributed by atoms with Crippen LogP contribution in [0.2, 0.25) is 0 Å². The monoisotopic (exact) mass is 873 g/mol. The first-order chi connectivity index (χ1) is 25.3. The van der Waals surface area contributed by atoms with Gasteiger partial charge in [-0.05, 0) is 82.2 Å². The van der Waals surface area contributed by atoms with Crippen LogP contribution in [0, 0.1) is 18.8 Å². The SMILES string of the molecule is Cc1cc(=O)oc2cc(OC(=O)OCC34C=CC(Oc5ccc(CCOC(=O)C(C)(C)Br)cc5)(O3)C3C(=O)N(CCOC(=O)C(C)(C)Br)C(=O)C34)ccc12. The third kappa shape index (κ3) is 7.82. The van der Waals surface area contributed by atoms with E-state index in [9.17, 15) is 28.8 Å². The molecule has 286 valence electrons. The molecule has 1 aromatic heterocycles. The Hall–Kier alpha value is -4.54. The van der Waals surface area contributed by atoms with Crippen molar-refractivity contribution in [1.29, 1.82) is 0 Å². The molecule has 2 bridgehead atoms. The molecular weight excluding hydrogens is 838 g/mol. The fourth-order valence-corrected chi connectivity index (χ4v) is 6.73. The molecule has 2 amide bonds. The lowest BCUT2D eigenvalue weighted by molar-refractivity contribution is -0.183. The number of likely N-dealkylation sites (tertiary alicyclic amines) is 1. The Bertz CT molecular complexity index is 2100. The van der Waals surface area contributed by atoms with E-state index in [0.29, 0.717) is 23.1 Å². The van der Waals surface area contributed by atoms with Gasteiger partial charge < -0.3 is 32.8 Å². The highest BCUT2D eigenvalue weighted by Gasteiger charge is 2.75. The van der Waals surface area contributed by atoms with Crippen LogP contribution >= 0.6 is 31.9 Å². The van der Waals surface area contributed by atoms with Crippen molar-refractivity contribution in [2.45, 2.75) is 61.1 Å². The van der Waals surface area contributed by atoms with Gasteiger partial charge in [0.1, 0.15) is 50.5 Å². The zero-order chi connectivity index (χ0) is 39.2. The quantitative estimate of drug-likeness (QED) is 0.0412. The van der Waals surface area contributed by atoms with Gasteiger partial charge in [0.2, 0.25) is 17.6 Å². The molecule has 0 aliphatic carbocycles. The lowest BCUT2D eigenvalue weighted by Gasteiger charge is -2.30. The van der Waals surface area contributed by atoms with Gasteiger partial charge in [0.25, 0.3) is 0 Å². The summed E-state index contributed by atoms with van der Waals surface area (Å²) in [6.45, 7) is 7.49. The van der Waals surface area contributed by atoms with Crippen LogP contribution in [0.1, 0.15) is 38.8 Å². The molecule has 54 heavy (non-hydrogen) atoms. The number of carbonyl (C=O) groups is 5. The Morgan fingerprint density at radius 1 is 0.815 bits per heavy atom. The number of aryl methyl sites for hydroxylation is 1. The third-order valence-corrected chi connectivity index (χ3v) is 9.84. The van der Waals surface area contributed by atoms with E-state index in [4.69, 9.17) is 32.8 Å². The predicted octanol–water partition coefficient (Wildman–Crippen LogP) is 5.31. The summed E-state index contributed by atoms with van der Waals surface area (Å²) in [5.74, 6) is -5.98. The molecule has 16 heteroatoms. The van der Waals surface area contributed by atoms with Crippen molar-refractivity contribution in [1.82, 2.24) is 4.90 Å². The highest BCUT2D eigenvalue weighted by molar-refractivity contribution is 9.10. The van der Waals surface area contributed by atoms with Gasteiger partial charge in [-0.2, -0.15) is 0 Å². The Balaban J connectivity index is 1.19. The number of rotatable bonds is 13. The molecule has 4 unspecified atom stereocenters. The fourth-order valence-electron chi connectivity index (χ4n) is 6.50. The summed E-state index contributed by atoms with van der Waals surface area (Å²) in [6, 6.07) is 12.7. The second-order valence-electron chi connectivity index (χ2n) is 14.2. The molecule has 3 aliphatic heterocycles. The average molecular weight is 876 g/mol. The van der Waals surface area contributed by atoms with Crippen LogP contribution in [0.15, 0.2) is 69.9 Å². The third-order valence-electron chi connectivity index (χ3n) is 9.19. The van der Waals surface area contributed by atoms with E-state index in [-0.39, 0.29) is 31.1 Å². The summed E-state index contributed by atoms with van der Waals surface area (Å²) in [7, 11) is 0. The number of esters is 2. The molecule has 2 aromatic carbocycles. The Kier molecular flexibility index (Phi) is 10.6. The fraction of sp³-hybridized carbons (Fsp3) is 0.421. The van der Waals surface area contributed by atoms with Crippen molar-refractivity contribution in [2.24, 2.45) is 11.8 Å². The first-order valence-electron chi connectivity index (χ1n) is 17.0. The summed E-state index contributed by atoms with van der Waals surface area (Å²) >= 11 is 6.51. The maximum absolute atomic E-state index is 14.0. The van der Waals surface area contributed by atoms with E-state index < -0.39 is 74.0 Å². The van der Waals surface area contributed by atoms with Gasteiger partial charge in [0, 0.05) is 23.9 Å². The van der Waals surface area contributed by atoms with Crippen LogP contribution in [0.25, 0.3) is 11.0 Å². The summed E-state index contributed by atoms with van der Waals surface area (Å²) in [5.41, 5.74) is -0.447. The molecule has 3 aromatic rings. The van der Waals surface area contributed by atoms with Crippen LogP contribution in [-0.4, -0.2) is 81.2 Å². The van der Waals surface area contributed by atoms with Gasteiger partial charge in [0.05, 0.1) is 19.1 Å². The van der Waals surface area contributed by atoms with E-state index in [2.05, 4.69) is 31.9 Å². The average Bonchev–Trinajstić information content (AvgIpc) is 3.69. The van der Waals surface area contributed by atoms with Crippen molar-refractivity contribution in [3.63, 3.8) is 0 Å².